The largest absolute Gasteiger partial charge is 0.481 e. The predicted molar refractivity (Wildman–Crippen MR) is 91.0 cm³/mol. The monoisotopic (exact) mass is 385 g/mol. The lowest BCUT2D eigenvalue weighted by molar-refractivity contribution is -0.142. The first-order chi connectivity index (χ1) is 10.5. The normalized spacial score (nSPS) is 21.3. The molecule has 120 valence electrons. The molecule has 1 fully saturated rings. The third-order valence-corrected chi connectivity index (χ3v) is 5.40. The average Bonchev–Trinajstić information content (AvgIpc) is 2.50. The second kappa shape index (κ2) is 8.58. The summed E-state index contributed by atoms with van der Waals surface area (Å²) in [5.41, 5.74) is 0. The van der Waals surface area contributed by atoms with Gasteiger partial charge in [0.1, 0.15) is 0 Å². The van der Waals surface area contributed by atoms with Gasteiger partial charge in [-0.1, -0.05) is 15.9 Å². The lowest BCUT2D eigenvalue weighted by Gasteiger charge is -2.26. The number of carboxylic acid groups (broad SMARTS) is 1. The lowest BCUT2D eigenvalue weighted by Crippen LogP contribution is -2.38. The first-order valence-corrected chi connectivity index (χ1v) is 9.23. The number of hydrogen-bond acceptors (Lipinski definition) is 3. The van der Waals surface area contributed by atoms with E-state index in [-0.39, 0.29) is 17.9 Å². The highest BCUT2D eigenvalue weighted by atomic mass is 79.9. The summed E-state index contributed by atoms with van der Waals surface area (Å²) in [5, 5.41) is 12.0. The molecule has 1 amide bonds. The standard InChI is InChI=1S/C16H20BrNO3S/c17-12-3-7-14(8-4-12)22-10-9-15(19)18-13-5-1-11(2-6-13)16(20)21/h3-4,7-8,11,13H,1-2,5-6,9-10H2,(H,18,19)(H,20,21). The fourth-order valence-electron chi connectivity index (χ4n) is 2.58. The topological polar surface area (TPSA) is 66.4 Å². The molecule has 22 heavy (non-hydrogen) atoms. The Balaban J connectivity index is 1.64. The van der Waals surface area contributed by atoms with E-state index in [9.17, 15) is 9.59 Å². The number of carboxylic acids is 1. The molecule has 0 atom stereocenters. The van der Waals surface area contributed by atoms with Crippen LogP contribution >= 0.6 is 27.7 Å². The summed E-state index contributed by atoms with van der Waals surface area (Å²) < 4.78 is 1.05. The molecule has 6 heteroatoms. The van der Waals surface area contributed by atoms with Gasteiger partial charge in [0.2, 0.25) is 5.91 Å². The second-order valence-corrected chi connectivity index (χ2v) is 7.59. The van der Waals surface area contributed by atoms with Crippen LogP contribution in [0.2, 0.25) is 0 Å². The average molecular weight is 386 g/mol. The van der Waals surface area contributed by atoms with Gasteiger partial charge in [0, 0.05) is 27.6 Å². The van der Waals surface area contributed by atoms with Gasteiger partial charge in [0.25, 0.3) is 0 Å². The van der Waals surface area contributed by atoms with Crippen LogP contribution < -0.4 is 5.32 Å². The quantitative estimate of drug-likeness (QED) is 0.732. The Morgan fingerprint density at radius 1 is 1.18 bits per heavy atom. The fraction of sp³-hybridized carbons (Fsp3) is 0.500. The number of benzene rings is 1. The van der Waals surface area contributed by atoms with E-state index in [2.05, 4.69) is 21.2 Å². The minimum Gasteiger partial charge on any atom is -0.481 e. The van der Waals surface area contributed by atoms with Crippen LogP contribution in [0.5, 0.6) is 0 Å². The molecule has 0 spiro atoms. The number of carbonyl (C=O) groups is 2. The molecule has 0 saturated heterocycles. The van der Waals surface area contributed by atoms with Crippen molar-refractivity contribution in [2.24, 2.45) is 5.92 Å². The number of rotatable bonds is 6. The SMILES string of the molecule is O=C(CCSc1ccc(Br)cc1)NC1CCC(C(=O)O)CC1. The van der Waals surface area contributed by atoms with Crippen molar-refractivity contribution in [3.63, 3.8) is 0 Å². The Bertz CT molecular complexity index is 513. The van der Waals surface area contributed by atoms with Gasteiger partial charge in [-0.25, -0.2) is 0 Å². The molecule has 1 aliphatic rings. The molecule has 0 aliphatic heterocycles. The van der Waals surface area contributed by atoms with Crippen LogP contribution in [0.1, 0.15) is 32.1 Å². The summed E-state index contributed by atoms with van der Waals surface area (Å²) in [6.07, 6.45) is 3.34. The van der Waals surface area contributed by atoms with Gasteiger partial charge >= 0.3 is 5.97 Å². The molecular weight excluding hydrogens is 366 g/mol. The molecule has 0 radical (unpaired) electrons. The summed E-state index contributed by atoms with van der Waals surface area (Å²) in [4.78, 5) is 24.0. The van der Waals surface area contributed by atoms with Gasteiger partial charge in [-0.15, -0.1) is 11.8 Å². The Morgan fingerprint density at radius 2 is 1.82 bits per heavy atom. The van der Waals surface area contributed by atoms with Gasteiger partial charge in [0.05, 0.1) is 5.92 Å². The van der Waals surface area contributed by atoms with Crippen LogP contribution in [0.4, 0.5) is 0 Å². The first-order valence-electron chi connectivity index (χ1n) is 7.45. The van der Waals surface area contributed by atoms with E-state index in [4.69, 9.17) is 5.11 Å². The highest BCUT2D eigenvalue weighted by Gasteiger charge is 2.26. The van der Waals surface area contributed by atoms with E-state index >= 15 is 0 Å². The van der Waals surface area contributed by atoms with Gasteiger partial charge in [-0.05, 0) is 49.9 Å². The molecule has 0 heterocycles. The zero-order valence-electron chi connectivity index (χ0n) is 12.3. The summed E-state index contributed by atoms with van der Waals surface area (Å²) >= 11 is 5.06. The highest BCUT2D eigenvalue weighted by Crippen LogP contribution is 2.25. The summed E-state index contributed by atoms with van der Waals surface area (Å²) in [6, 6.07) is 8.17. The number of amides is 1. The number of thioether (sulfide) groups is 1. The molecule has 1 saturated carbocycles. The minimum absolute atomic E-state index is 0.0587. The highest BCUT2D eigenvalue weighted by molar-refractivity contribution is 9.10. The van der Waals surface area contributed by atoms with Crippen LogP contribution in [0.3, 0.4) is 0 Å². The number of halogens is 1. The smallest absolute Gasteiger partial charge is 0.306 e. The van der Waals surface area contributed by atoms with Crippen molar-refractivity contribution in [1.82, 2.24) is 5.32 Å². The van der Waals surface area contributed by atoms with E-state index < -0.39 is 5.97 Å². The van der Waals surface area contributed by atoms with Gasteiger partial charge in [0.15, 0.2) is 0 Å². The molecule has 4 nitrogen and oxygen atoms in total. The van der Waals surface area contributed by atoms with Crippen LogP contribution in [0, 0.1) is 5.92 Å². The Labute approximate surface area is 143 Å². The van der Waals surface area contributed by atoms with Crippen LogP contribution in [-0.2, 0) is 9.59 Å². The Kier molecular flexibility index (Phi) is 6.76. The van der Waals surface area contributed by atoms with Crippen molar-refractivity contribution in [2.45, 2.75) is 43.0 Å². The molecule has 1 aliphatic carbocycles. The fourth-order valence-corrected chi connectivity index (χ4v) is 3.69. The molecule has 0 unspecified atom stereocenters. The predicted octanol–water partition coefficient (Wildman–Crippen LogP) is 3.69. The van der Waals surface area contributed by atoms with Gasteiger partial charge < -0.3 is 10.4 Å². The Morgan fingerprint density at radius 3 is 2.41 bits per heavy atom. The van der Waals surface area contributed by atoms with Gasteiger partial charge in [-0.3, -0.25) is 9.59 Å². The van der Waals surface area contributed by atoms with E-state index in [0.29, 0.717) is 19.3 Å². The minimum atomic E-state index is -0.712. The van der Waals surface area contributed by atoms with Crippen molar-refractivity contribution in [3.8, 4) is 0 Å². The van der Waals surface area contributed by atoms with E-state index in [0.717, 1.165) is 28.0 Å². The Hall–Kier alpha value is -1.01. The molecule has 2 rings (SSSR count). The number of carbonyl (C=O) groups excluding carboxylic acids is 1. The maximum absolute atomic E-state index is 11.9. The third-order valence-electron chi connectivity index (χ3n) is 3.85. The van der Waals surface area contributed by atoms with Crippen LogP contribution in [0.15, 0.2) is 33.6 Å². The number of nitrogens with one attached hydrogen (secondary N) is 1. The molecule has 1 aromatic rings. The van der Waals surface area contributed by atoms with E-state index in [1.54, 1.807) is 11.8 Å². The maximum Gasteiger partial charge on any atom is 0.306 e. The van der Waals surface area contributed by atoms with Crippen molar-refractivity contribution in [2.75, 3.05) is 5.75 Å². The van der Waals surface area contributed by atoms with Crippen LogP contribution in [-0.4, -0.2) is 28.8 Å². The van der Waals surface area contributed by atoms with Crippen molar-refractivity contribution in [3.05, 3.63) is 28.7 Å². The molecular formula is C16H20BrNO3S. The molecule has 0 aromatic heterocycles. The van der Waals surface area contributed by atoms with Crippen LogP contribution in [0.25, 0.3) is 0 Å². The lowest BCUT2D eigenvalue weighted by atomic mass is 9.86. The van der Waals surface area contributed by atoms with Crippen molar-refractivity contribution >= 4 is 39.6 Å². The number of hydrogen-bond donors (Lipinski definition) is 2. The molecule has 2 N–H and O–H groups in total. The van der Waals surface area contributed by atoms with E-state index in [1.807, 2.05) is 24.3 Å². The van der Waals surface area contributed by atoms with Crippen molar-refractivity contribution < 1.29 is 14.7 Å². The first kappa shape index (κ1) is 17.3. The molecule has 0 bridgehead atoms. The zero-order chi connectivity index (χ0) is 15.9. The van der Waals surface area contributed by atoms with Crippen molar-refractivity contribution in [1.29, 1.82) is 0 Å². The second-order valence-electron chi connectivity index (χ2n) is 5.51. The summed E-state index contributed by atoms with van der Waals surface area (Å²) in [7, 11) is 0. The summed E-state index contributed by atoms with van der Waals surface area (Å²) in [5.74, 6) is -0.141. The zero-order valence-corrected chi connectivity index (χ0v) is 14.7. The number of aliphatic carboxylic acids is 1. The molecule has 1 aromatic carbocycles. The van der Waals surface area contributed by atoms with Gasteiger partial charge in [-0.2, -0.15) is 0 Å². The van der Waals surface area contributed by atoms with E-state index in [1.165, 1.54) is 0 Å². The summed E-state index contributed by atoms with van der Waals surface area (Å²) in [6.45, 7) is 0. The third kappa shape index (κ3) is 5.65. The maximum atomic E-state index is 11.9.